The molecule has 1 aromatic rings. The van der Waals surface area contributed by atoms with Gasteiger partial charge in [-0.3, -0.25) is 0 Å². The minimum absolute atomic E-state index is 0.0125. The average molecular weight is 320 g/mol. The fourth-order valence-electron chi connectivity index (χ4n) is 2.17. The molecular formula is C16H20N2O5. The number of benzene rings is 1. The fourth-order valence-corrected chi connectivity index (χ4v) is 2.17. The highest BCUT2D eigenvalue weighted by Crippen LogP contribution is 2.20. The molecule has 0 saturated carbocycles. The highest BCUT2D eigenvalue weighted by molar-refractivity contribution is 5.98. The molecule has 2 rings (SSSR count). The lowest BCUT2D eigenvalue weighted by molar-refractivity contribution is -0.138. The largest absolute Gasteiger partial charge is 0.466 e. The van der Waals surface area contributed by atoms with E-state index < -0.39 is 11.9 Å². The molecular weight excluding hydrogens is 300 g/mol. The molecule has 7 nitrogen and oxygen atoms in total. The zero-order chi connectivity index (χ0) is 16.7. The Labute approximate surface area is 134 Å². The second-order valence-electron chi connectivity index (χ2n) is 4.84. The zero-order valence-electron chi connectivity index (χ0n) is 13.2. The van der Waals surface area contributed by atoms with Crippen molar-refractivity contribution in [3.8, 4) is 0 Å². The van der Waals surface area contributed by atoms with E-state index in [1.165, 1.54) is 14.2 Å². The molecule has 1 fully saturated rings. The summed E-state index contributed by atoms with van der Waals surface area (Å²) >= 11 is 0. The summed E-state index contributed by atoms with van der Waals surface area (Å²) in [5.74, 6) is -1.28. The van der Waals surface area contributed by atoms with Crippen LogP contribution in [0.2, 0.25) is 0 Å². The molecule has 124 valence electrons. The fraction of sp³-hybridized carbons (Fsp3) is 0.375. The summed E-state index contributed by atoms with van der Waals surface area (Å²) in [5, 5.41) is 2.87. The number of nitrogens with one attached hydrogen (secondary N) is 1. The van der Waals surface area contributed by atoms with Crippen LogP contribution in [0.5, 0.6) is 0 Å². The van der Waals surface area contributed by atoms with Gasteiger partial charge >= 0.3 is 11.9 Å². The number of nitrogens with zero attached hydrogens (tertiary/aromatic N) is 1. The molecule has 0 unspecified atom stereocenters. The van der Waals surface area contributed by atoms with E-state index in [4.69, 9.17) is 4.74 Å². The van der Waals surface area contributed by atoms with E-state index in [0.717, 1.165) is 24.9 Å². The molecule has 0 aromatic heterocycles. The first-order valence-electron chi connectivity index (χ1n) is 7.22. The molecule has 0 amide bonds. The van der Waals surface area contributed by atoms with E-state index in [-0.39, 0.29) is 5.70 Å². The van der Waals surface area contributed by atoms with Crippen molar-refractivity contribution in [2.45, 2.75) is 0 Å². The second-order valence-corrected chi connectivity index (χ2v) is 4.84. The van der Waals surface area contributed by atoms with Crippen LogP contribution >= 0.6 is 0 Å². The third-order valence-corrected chi connectivity index (χ3v) is 3.39. The van der Waals surface area contributed by atoms with Gasteiger partial charge in [0.15, 0.2) is 0 Å². The van der Waals surface area contributed by atoms with Crippen LogP contribution in [0.4, 0.5) is 11.4 Å². The van der Waals surface area contributed by atoms with Crippen molar-refractivity contribution in [1.82, 2.24) is 0 Å². The Kier molecular flexibility index (Phi) is 5.99. The highest BCUT2D eigenvalue weighted by Gasteiger charge is 2.14. The van der Waals surface area contributed by atoms with Crippen LogP contribution in [-0.4, -0.2) is 52.5 Å². The number of hydrogen-bond acceptors (Lipinski definition) is 7. The molecule has 1 N–H and O–H groups in total. The first-order valence-corrected chi connectivity index (χ1v) is 7.22. The van der Waals surface area contributed by atoms with Crippen molar-refractivity contribution in [1.29, 1.82) is 0 Å². The summed E-state index contributed by atoms with van der Waals surface area (Å²) < 4.78 is 14.5. The highest BCUT2D eigenvalue weighted by atomic mass is 16.5. The summed E-state index contributed by atoms with van der Waals surface area (Å²) in [4.78, 5) is 25.2. The molecule has 0 atom stereocenters. The van der Waals surface area contributed by atoms with Crippen molar-refractivity contribution in [2.24, 2.45) is 0 Å². The predicted octanol–water partition coefficient (Wildman–Crippen LogP) is 1.16. The molecule has 1 aliphatic heterocycles. The Balaban J connectivity index is 2.09. The van der Waals surface area contributed by atoms with Gasteiger partial charge in [-0.05, 0) is 24.3 Å². The quantitative estimate of drug-likeness (QED) is 0.644. The third-order valence-electron chi connectivity index (χ3n) is 3.39. The summed E-state index contributed by atoms with van der Waals surface area (Å²) in [5.41, 5.74) is 1.76. The van der Waals surface area contributed by atoms with E-state index in [1.54, 1.807) is 0 Å². The lowest BCUT2D eigenvalue weighted by Crippen LogP contribution is -2.36. The smallest absolute Gasteiger partial charge is 0.354 e. The molecule has 23 heavy (non-hydrogen) atoms. The molecule has 1 aliphatic rings. The van der Waals surface area contributed by atoms with Gasteiger partial charge in [-0.25, -0.2) is 9.59 Å². The van der Waals surface area contributed by atoms with Crippen molar-refractivity contribution in [3.05, 3.63) is 36.0 Å². The predicted molar refractivity (Wildman–Crippen MR) is 85.2 cm³/mol. The molecule has 0 spiro atoms. The second kappa shape index (κ2) is 8.19. The van der Waals surface area contributed by atoms with Crippen LogP contribution < -0.4 is 10.2 Å². The maximum absolute atomic E-state index is 11.7. The van der Waals surface area contributed by atoms with E-state index >= 15 is 0 Å². The van der Waals surface area contributed by atoms with Crippen molar-refractivity contribution in [3.63, 3.8) is 0 Å². The van der Waals surface area contributed by atoms with E-state index in [1.807, 2.05) is 24.3 Å². The topological polar surface area (TPSA) is 77.1 Å². The average Bonchev–Trinajstić information content (AvgIpc) is 2.61. The Hall–Kier alpha value is -2.54. The molecule has 0 aliphatic carbocycles. The molecule has 1 heterocycles. The van der Waals surface area contributed by atoms with Gasteiger partial charge in [0, 0.05) is 24.5 Å². The zero-order valence-corrected chi connectivity index (χ0v) is 13.2. The Morgan fingerprint density at radius 1 is 1.13 bits per heavy atom. The van der Waals surface area contributed by atoms with Gasteiger partial charge in [0.25, 0.3) is 0 Å². The van der Waals surface area contributed by atoms with Gasteiger partial charge in [0.2, 0.25) is 0 Å². The van der Waals surface area contributed by atoms with Gasteiger partial charge < -0.3 is 24.4 Å². The van der Waals surface area contributed by atoms with E-state index in [2.05, 4.69) is 19.7 Å². The maximum Gasteiger partial charge on any atom is 0.354 e. The van der Waals surface area contributed by atoms with Crippen LogP contribution in [0.25, 0.3) is 0 Å². The lowest BCUT2D eigenvalue weighted by Gasteiger charge is -2.29. The van der Waals surface area contributed by atoms with Crippen LogP contribution in [0, 0.1) is 0 Å². The summed E-state index contributed by atoms with van der Waals surface area (Å²) in [6.07, 6.45) is 1.06. The van der Waals surface area contributed by atoms with E-state index in [0.29, 0.717) is 18.9 Å². The number of carbonyl (C=O) groups excluding carboxylic acids is 2. The van der Waals surface area contributed by atoms with Crippen LogP contribution in [0.1, 0.15) is 0 Å². The summed E-state index contributed by atoms with van der Waals surface area (Å²) in [6.45, 7) is 3.13. The third kappa shape index (κ3) is 4.72. The number of rotatable bonds is 5. The van der Waals surface area contributed by atoms with Crippen molar-refractivity contribution in [2.75, 3.05) is 50.7 Å². The van der Waals surface area contributed by atoms with Crippen molar-refractivity contribution < 1.29 is 23.8 Å². The van der Waals surface area contributed by atoms with Crippen molar-refractivity contribution >= 4 is 23.3 Å². The SMILES string of the molecule is COC(=O)/C=C(/Nc1ccc(N2CCOCC2)cc1)C(=O)OC. The Morgan fingerprint density at radius 2 is 1.78 bits per heavy atom. The molecule has 0 radical (unpaired) electrons. The molecule has 0 bridgehead atoms. The van der Waals surface area contributed by atoms with Gasteiger partial charge in [-0.2, -0.15) is 0 Å². The lowest BCUT2D eigenvalue weighted by atomic mass is 10.2. The number of methoxy groups -OCH3 is 2. The number of anilines is 2. The minimum atomic E-state index is -0.646. The normalized spacial score (nSPS) is 15.0. The number of carbonyl (C=O) groups is 2. The van der Waals surface area contributed by atoms with Gasteiger partial charge in [0.05, 0.1) is 33.5 Å². The first-order chi connectivity index (χ1) is 11.1. The Morgan fingerprint density at radius 3 is 2.35 bits per heavy atom. The first kappa shape index (κ1) is 16.8. The van der Waals surface area contributed by atoms with Gasteiger partial charge in [-0.15, -0.1) is 0 Å². The molecule has 7 heteroatoms. The number of ether oxygens (including phenoxy) is 3. The van der Waals surface area contributed by atoms with Crippen LogP contribution in [-0.2, 0) is 23.8 Å². The van der Waals surface area contributed by atoms with Crippen LogP contribution in [0.3, 0.4) is 0 Å². The maximum atomic E-state index is 11.7. The van der Waals surface area contributed by atoms with E-state index in [9.17, 15) is 9.59 Å². The minimum Gasteiger partial charge on any atom is -0.466 e. The van der Waals surface area contributed by atoms with Gasteiger partial charge in [0.1, 0.15) is 5.70 Å². The Bertz CT molecular complexity index is 577. The van der Waals surface area contributed by atoms with Crippen LogP contribution in [0.15, 0.2) is 36.0 Å². The summed E-state index contributed by atoms with van der Waals surface area (Å²) in [7, 11) is 2.49. The monoisotopic (exact) mass is 320 g/mol. The number of morpholine rings is 1. The molecule has 1 saturated heterocycles. The molecule has 1 aromatic carbocycles. The van der Waals surface area contributed by atoms with Gasteiger partial charge in [-0.1, -0.05) is 0 Å². The number of esters is 2. The number of hydrogen-bond donors (Lipinski definition) is 1. The standard InChI is InChI=1S/C16H20N2O5/c1-21-15(19)11-14(16(20)22-2)17-12-3-5-13(6-4-12)18-7-9-23-10-8-18/h3-6,11,17H,7-10H2,1-2H3/b14-11+. The summed E-state index contributed by atoms with van der Waals surface area (Å²) in [6, 6.07) is 7.55.